The van der Waals surface area contributed by atoms with Crippen LogP contribution in [0.1, 0.15) is 12.8 Å². The normalized spacial score (nSPS) is 26.6. The van der Waals surface area contributed by atoms with Crippen molar-refractivity contribution in [2.45, 2.75) is 18.9 Å². The summed E-state index contributed by atoms with van der Waals surface area (Å²) in [7, 11) is 2.26. The van der Waals surface area contributed by atoms with Gasteiger partial charge in [0, 0.05) is 44.5 Å². The van der Waals surface area contributed by atoms with Gasteiger partial charge in [0.15, 0.2) is 0 Å². The third kappa shape index (κ3) is 3.10. The summed E-state index contributed by atoms with van der Waals surface area (Å²) in [6, 6.07) is 11.6. The lowest BCUT2D eigenvalue weighted by Gasteiger charge is -2.43. The summed E-state index contributed by atoms with van der Waals surface area (Å²) in [6.07, 6.45) is 2.75. The van der Waals surface area contributed by atoms with Crippen molar-refractivity contribution in [2.75, 3.05) is 51.2 Å². The zero-order valence-electron chi connectivity index (χ0n) is 12.0. The Labute approximate surface area is 116 Å². The van der Waals surface area contributed by atoms with Crippen LogP contribution in [0.4, 0.5) is 5.69 Å². The third-order valence-electron chi connectivity index (χ3n) is 4.55. The number of likely N-dealkylation sites (N-methyl/N-ethyl adjacent to an activating group) is 1. The number of hydrogen-bond donors (Lipinski definition) is 0. The highest BCUT2D eigenvalue weighted by Crippen LogP contribution is 2.20. The topological polar surface area (TPSA) is 9.72 Å². The molecule has 2 heterocycles. The molecule has 3 nitrogen and oxygen atoms in total. The van der Waals surface area contributed by atoms with E-state index in [4.69, 9.17) is 0 Å². The number of hydrogen-bond acceptors (Lipinski definition) is 3. The highest BCUT2D eigenvalue weighted by molar-refractivity contribution is 5.46. The molecule has 0 saturated carbocycles. The molecular formula is C16H25N3. The van der Waals surface area contributed by atoms with Crippen molar-refractivity contribution < 1.29 is 0 Å². The van der Waals surface area contributed by atoms with Crippen LogP contribution in [0.5, 0.6) is 0 Å². The Morgan fingerprint density at radius 3 is 2.37 bits per heavy atom. The van der Waals surface area contributed by atoms with Crippen LogP contribution in [0.25, 0.3) is 0 Å². The van der Waals surface area contributed by atoms with E-state index >= 15 is 0 Å². The molecule has 2 saturated heterocycles. The maximum absolute atomic E-state index is 2.70. The molecule has 0 spiro atoms. The first kappa shape index (κ1) is 12.9. The zero-order chi connectivity index (χ0) is 13.1. The van der Waals surface area contributed by atoms with E-state index in [1.54, 1.807) is 0 Å². The molecule has 0 radical (unpaired) electrons. The Balaban J connectivity index is 1.54. The van der Waals surface area contributed by atoms with Gasteiger partial charge in [-0.1, -0.05) is 18.2 Å². The van der Waals surface area contributed by atoms with E-state index < -0.39 is 0 Å². The van der Waals surface area contributed by atoms with Gasteiger partial charge < -0.3 is 9.80 Å². The third-order valence-corrected chi connectivity index (χ3v) is 4.55. The predicted molar refractivity (Wildman–Crippen MR) is 80.7 cm³/mol. The minimum absolute atomic E-state index is 0.789. The number of benzene rings is 1. The highest BCUT2D eigenvalue weighted by Gasteiger charge is 2.26. The van der Waals surface area contributed by atoms with Crippen molar-refractivity contribution in [3.05, 3.63) is 30.3 Å². The fourth-order valence-electron chi connectivity index (χ4n) is 3.42. The Kier molecular flexibility index (Phi) is 4.04. The van der Waals surface area contributed by atoms with Gasteiger partial charge in [-0.05, 0) is 38.6 Å². The molecule has 2 aliphatic rings. The molecule has 0 amide bonds. The van der Waals surface area contributed by atoms with E-state index in [0.29, 0.717) is 0 Å². The molecule has 0 N–H and O–H groups in total. The average Bonchev–Trinajstić information content (AvgIpc) is 2.48. The Bertz CT molecular complexity index is 384. The minimum atomic E-state index is 0.789. The molecule has 104 valence electrons. The van der Waals surface area contributed by atoms with Crippen LogP contribution >= 0.6 is 0 Å². The number of nitrogens with zero attached hydrogens (tertiary/aromatic N) is 3. The maximum atomic E-state index is 2.70. The predicted octanol–water partition coefficient (Wildman–Crippen LogP) is 1.90. The molecule has 2 aliphatic heterocycles. The fraction of sp³-hybridized carbons (Fsp3) is 0.625. The molecule has 1 aromatic rings. The largest absolute Gasteiger partial charge is 0.369 e. The van der Waals surface area contributed by atoms with Crippen molar-refractivity contribution in [3.63, 3.8) is 0 Å². The van der Waals surface area contributed by atoms with E-state index in [9.17, 15) is 0 Å². The van der Waals surface area contributed by atoms with Gasteiger partial charge in [-0.2, -0.15) is 0 Å². The van der Waals surface area contributed by atoms with Crippen LogP contribution in [-0.4, -0.2) is 62.2 Å². The fourth-order valence-corrected chi connectivity index (χ4v) is 3.42. The summed E-state index contributed by atoms with van der Waals surface area (Å²) in [4.78, 5) is 7.70. The Morgan fingerprint density at radius 2 is 1.68 bits per heavy atom. The summed E-state index contributed by atoms with van der Waals surface area (Å²) in [6.45, 7) is 7.31. The maximum Gasteiger partial charge on any atom is 0.0367 e. The average molecular weight is 259 g/mol. The Hall–Kier alpha value is -1.06. The summed E-state index contributed by atoms with van der Waals surface area (Å²) in [5.74, 6) is 0. The molecule has 2 fully saturated rings. The van der Waals surface area contributed by atoms with Gasteiger partial charge in [0.05, 0.1) is 0 Å². The van der Waals surface area contributed by atoms with Crippen LogP contribution in [0.2, 0.25) is 0 Å². The van der Waals surface area contributed by atoms with Crippen LogP contribution in [0.3, 0.4) is 0 Å². The second-order valence-electron chi connectivity index (χ2n) is 5.92. The van der Waals surface area contributed by atoms with Crippen LogP contribution in [0, 0.1) is 0 Å². The van der Waals surface area contributed by atoms with Crippen LogP contribution in [-0.2, 0) is 0 Å². The van der Waals surface area contributed by atoms with Crippen LogP contribution in [0.15, 0.2) is 30.3 Å². The molecule has 0 aromatic heterocycles. The molecule has 1 aromatic carbocycles. The van der Waals surface area contributed by atoms with E-state index in [1.165, 1.54) is 57.8 Å². The zero-order valence-corrected chi connectivity index (χ0v) is 12.0. The minimum Gasteiger partial charge on any atom is -0.369 e. The number of rotatable bonds is 2. The van der Waals surface area contributed by atoms with Gasteiger partial charge in [0.2, 0.25) is 0 Å². The number of para-hydroxylation sites is 1. The molecule has 1 unspecified atom stereocenters. The smallest absolute Gasteiger partial charge is 0.0367 e. The van der Waals surface area contributed by atoms with Gasteiger partial charge in [0.25, 0.3) is 0 Å². The number of piperazine rings is 1. The monoisotopic (exact) mass is 259 g/mol. The van der Waals surface area contributed by atoms with Gasteiger partial charge >= 0.3 is 0 Å². The molecule has 1 atom stereocenters. The summed E-state index contributed by atoms with van der Waals surface area (Å²) in [5.41, 5.74) is 1.38. The molecule has 3 rings (SSSR count). The van der Waals surface area contributed by atoms with Gasteiger partial charge in [-0.25, -0.2) is 0 Å². The second kappa shape index (κ2) is 5.93. The molecule has 0 bridgehead atoms. The quantitative estimate of drug-likeness (QED) is 0.803. The van der Waals surface area contributed by atoms with Crippen molar-refractivity contribution in [1.29, 1.82) is 0 Å². The van der Waals surface area contributed by atoms with Crippen LogP contribution < -0.4 is 4.90 Å². The highest BCUT2D eigenvalue weighted by atomic mass is 15.3. The number of piperidine rings is 1. The van der Waals surface area contributed by atoms with Crippen molar-refractivity contribution in [2.24, 2.45) is 0 Å². The standard InChI is InChI=1S/C16H25N3/c1-17-9-5-8-16(14-17)19-12-10-18(11-13-19)15-6-3-2-4-7-15/h2-4,6-7,16H,5,8-14H2,1H3. The lowest BCUT2D eigenvalue weighted by atomic mass is 10.0. The van der Waals surface area contributed by atoms with Crippen molar-refractivity contribution in [3.8, 4) is 0 Å². The van der Waals surface area contributed by atoms with Gasteiger partial charge in [-0.3, -0.25) is 4.90 Å². The lowest BCUT2D eigenvalue weighted by Crippen LogP contribution is -2.54. The first-order valence-corrected chi connectivity index (χ1v) is 7.55. The first-order chi connectivity index (χ1) is 9.33. The lowest BCUT2D eigenvalue weighted by molar-refractivity contribution is 0.106. The van der Waals surface area contributed by atoms with Gasteiger partial charge in [-0.15, -0.1) is 0 Å². The summed E-state index contributed by atoms with van der Waals surface area (Å²) < 4.78 is 0. The second-order valence-corrected chi connectivity index (χ2v) is 5.92. The molecular weight excluding hydrogens is 234 g/mol. The van der Waals surface area contributed by atoms with Crippen molar-refractivity contribution >= 4 is 5.69 Å². The van der Waals surface area contributed by atoms with E-state index in [0.717, 1.165) is 6.04 Å². The first-order valence-electron chi connectivity index (χ1n) is 7.55. The number of likely N-dealkylation sites (tertiary alicyclic amines) is 1. The molecule has 3 heteroatoms. The van der Waals surface area contributed by atoms with E-state index in [1.807, 2.05) is 0 Å². The molecule has 0 aliphatic carbocycles. The summed E-state index contributed by atoms with van der Waals surface area (Å²) in [5, 5.41) is 0. The Morgan fingerprint density at radius 1 is 0.947 bits per heavy atom. The SMILES string of the molecule is CN1CCCC(N2CCN(c3ccccc3)CC2)C1. The van der Waals surface area contributed by atoms with Crippen molar-refractivity contribution in [1.82, 2.24) is 9.80 Å². The molecule has 19 heavy (non-hydrogen) atoms. The van der Waals surface area contributed by atoms with E-state index in [-0.39, 0.29) is 0 Å². The van der Waals surface area contributed by atoms with Gasteiger partial charge in [0.1, 0.15) is 0 Å². The van der Waals surface area contributed by atoms with E-state index in [2.05, 4.69) is 52.1 Å². The summed E-state index contributed by atoms with van der Waals surface area (Å²) >= 11 is 0. The number of anilines is 1.